The van der Waals surface area contributed by atoms with Gasteiger partial charge in [0.25, 0.3) is 0 Å². The number of allylic oxidation sites excluding steroid dienone is 6. The van der Waals surface area contributed by atoms with Crippen LogP contribution in [-0.4, -0.2) is 25.2 Å². The van der Waals surface area contributed by atoms with Crippen molar-refractivity contribution in [2.24, 2.45) is 5.92 Å². The average Bonchev–Trinajstić information content (AvgIpc) is 3.63. The molecule has 3 atom stereocenters. The fourth-order valence-corrected chi connectivity index (χ4v) is 11.6. The van der Waals surface area contributed by atoms with E-state index in [1.165, 1.54) is 43.9 Å². The Morgan fingerprint density at radius 1 is 0.483 bits per heavy atom. The van der Waals surface area contributed by atoms with Gasteiger partial charge < -0.3 is 0 Å². The van der Waals surface area contributed by atoms with E-state index in [0.29, 0.717) is 22.7 Å². The Labute approximate surface area is 353 Å². The van der Waals surface area contributed by atoms with E-state index in [2.05, 4.69) is 146 Å². The molecule has 4 aliphatic rings. The van der Waals surface area contributed by atoms with Crippen LogP contribution in [0, 0.1) is 5.92 Å². The number of fused-ring (bicyclic) bond motifs is 10. The Kier molecular flexibility index (Phi) is 8.24. The molecule has 12 rings (SSSR count). The van der Waals surface area contributed by atoms with Gasteiger partial charge in [-0.05, 0) is 63.4 Å². The summed E-state index contributed by atoms with van der Waals surface area (Å²) in [5, 5.41) is 1.46. The first-order valence-electron chi connectivity index (χ1n) is 20.8. The number of hydrogen-bond donors (Lipinski definition) is 0. The molecule has 1 aliphatic heterocycles. The molecule has 2 aromatic heterocycles. The van der Waals surface area contributed by atoms with Crippen LogP contribution in [0.1, 0.15) is 24.0 Å². The number of aromatic nitrogens is 4. The summed E-state index contributed by atoms with van der Waals surface area (Å²) in [7, 11) is 0. The highest BCUT2D eigenvalue weighted by Gasteiger charge is 2.57. The van der Waals surface area contributed by atoms with Crippen molar-refractivity contribution < 1.29 is 0 Å². The zero-order valence-corrected chi connectivity index (χ0v) is 33.6. The van der Waals surface area contributed by atoms with Gasteiger partial charge in [0.05, 0.1) is 10.9 Å². The third kappa shape index (κ3) is 5.39. The summed E-state index contributed by atoms with van der Waals surface area (Å²) in [5.74, 6) is 2.20. The minimum absolute atomic E-state index is 0.244. The zero-order chi connectivity index (χ0) is 39.6. The molecule has 1 saturated heterocycles. The lowest BCUT2D eigenvalue weighted by molar-refractivity contribution is 0.453. The first-order chi connectivity index (χ1) is 29.8. The van der Waals surface area contributed by atoms with Crippen LogP contribution in [-0.2, 0) is 5.41 Å². The van der Waals surface area contributed by atoms with Crippen LogP contribution in [0.4, 0.5) is 0 Å². The van der Waals surface area contributed by atoms with Gasteiger partial charge in [0.15, 0.2) is 17.5 Å². The Hall–Kier alpha value is -6.95. The number of hydrogen-bond acceptors (Lipinski definition) is 5. The molecule has 284 valence electrons. The molecule has 60 heavy (non-hydrogen) atoms. The second kappa shape index (κ2) is 14.1. The molecule has 8 aromatic rings. The first kappa shape index (κ1) is 35.0. The molecular formula is C55H38N4S. The minimum atomic E-state index is -0.357. The van der Waals surface area contributed by atoms with Gasteiger partial charge in [-0.15, -0.1) is 11.8 Å². The van der Waals surface area contributed by atoms with E-state index in [0.717, 1.165) is 51.6 Å². The van der Waals surface area contributed by atoms with Gasteiger partial charge in [-0.25, -0.2) is 15.0 Å². The van der Waals surface area contributed by atoms with Crippen molar-refractivity contribution in [1.29, 1.82) is 0 Å². The highest BCUT2D eigenvalue weighted by atomic mass is 32.2. The number of thioether (sulfide) groups is 1. The van der Waals surface area contributed by atoms with Crippen LogP contribution in [0.15, 0.2) is 205 Å². The Bertz CT molecular complexity index is 3070. The highest BCUT2D eigenvalue weighted by molar-refractivity contribution is 8.04. The molecular weight excluding hydrogens is 749 g/mol. The summed E-state index contributed by atoms with van der Waals surface area (Å²) in [6.07, 6.45) is 18.5. The Morgan fingerprint density at radius 2 is 1.05 bits per heavy atom. The van der Waals surface area contributed by atoms with Crippen LogP contribution in [0.2, 0.25) is 0 Å². The minimum Gasteiger partial charge on any atom is -0.256 e. The van der Waals surface area contributed by atoms with Crippen molar-refractivity contribution in [2.45, 2.75) is 23.5 Å². The van der Waals surface area contributed by atoms with Crippen molar-refractivity contribution in [3.05, 3.63) is 216 Å². The predicted octanol–water partition coefficient (Wildman–Crippen LogP) is 13.5. The number of rotatable bonds is 5. The van der Waals surface area contributed by atoms with Crippen molar-refractivity contribution in [3.63, 3.8) is 0 Å². The van der Waals surface area contributed by atoms with Crippen LogP contribution >= 0.6 is 11.8 Å². The summed E-state index contributed by atoms with van der Waals surface area (Å²) >= 11 is 2.04. The van der Waals surface area contributed by atoms with E-state index >= 15 is 0 Å². The van der Waals surface area contributed by atoms with Crippen molar-refractivity contribution in [3.8, 4) is 67.5 Å². The molecule has 1 fully saturated rings. The third-order valence-corrected chi connectivity index (χ3v) is 14.1. The first-order valence-corrected chi connectivity index (χ1v) is 21.7. The van der Waals surface area contributed by atoms with Crippen molar-refractivity contribution >= 4 is 22.7 Å². The van der Waals surface area contributed by atoms with Crippen LogP contribution in [0.3, 0.4) is 0 Å². The summed E-state index contributed by atoms with van der Waals surface area (Å²) in [6, 6.07) is 54.0. The van der Waals surface area contributed by atoms with Gasteiger partial charge >= 0.3 is 0 Å². The molecule has 0 N–H and O–H groups in total. The molecule has 0 radical (unpaired) electrons. The average molecular weight is 787 g/mol. The van der Waals surface area contributed by atoms with Crippen LogP contribution < -0.4 is 0 Å². The van der Waals surface area contributed by atoms with Crippen molar-refractivity contribution in [1.82, 2.24) is 19.9 Å². The van der Waals surface area contributed by atoms with Crippen LogP contribution in [0.5, 0.6) is 0 Å². The quantitative estimate of drug-likeness (QED) is 0.174. The molecule has 0 amide bonds. The molecule has 6 aromatic carbocycles. The molecule has 0 saturated carbocycles. The maximum Gasteiger partial charge on any atom is 0.164 e. The summed E-state index contributed by atoms with van der Waals surface area (Å²) in [5.41, 5.74) is 15.1. The predicted molar refractivity (Wildman–Crippen MR) is 247 cm³/mol. The van der Waals surface area contributed by atoms with E-state index in [9.17, 15) is 0 Å². The lowest BCUT2D eigenvalue weighted by atomic mass is 9.60. The standard InChI is InChI=1S/C55H38N4S/c1-3-15-37(16-4-1)52-57-53(38-17-5-2-6-18-38)59-54(58-52)39-32-30-35(31-33-39)40-21-12-26-45-49(40)50-41(42-23-11-19-36-20-14-34-56-51(36)42)22-13-27-46(50)55(45)43-24-7-9-28-47(43)60-48-29-10-8-25-44(48)55/h1-7,9,11-34,43,47H,8,10H2. The lowest BCUT2D eigenvalue weighted by Gasteiger charge is -2.49. The fraction of sp³-hybridized carbons (Fsp3) is 0.0909. The van der Waals surface area contributed by atoms with Gasteiger partial charge in [0.2, 0.25) is 0 Å². The Morgan fingerprint density at radius 3 is 1.77 bits per heavy atom. The molecule has 3 heterocycles. The van der Waals surface area contributed by atoms with E-state index < -0.39 is 0 Å². The molecule has 5 heteroatoms. The van der Waals surface area contributed by atoms with E-state index in [-0.39, 0.29) is 11.3 Å². The van der Waals surface area contributed by atoms with Crippen molar-refractivity contribution in [2.75, 3.05) is 0 Å². The number of nitrogens with zero attached hydrogens (tertiary/aromatic N) is 4. The second-order valence-corrected chi connectivity index (χ2v) is 17.1. The van der Waals surface area contributed by atoms with Gasteiger partial charge in [0.1, 0.15) is 0 Å². The third-order valence-electron chi connectivity index (χ3n) is 12.7. The molecule has 0 bridgehead atoms. The van der Waals surface area contributed by atoms with E-state index in [4.69, 9.17) is 19.9 Å². The molecule has 1 spiro atoms. The smallest absolute Gasteiger partial charge is 0.164 e. The maximum atomic E-state index is 5.04. The SMILES string of the molecule is C1=CC2SC3=CCCC=C3C3(c4cccc(-c5ccc(-c6nc(-c7ccccc7)nc(-c7ccccc7)n6)cc5)c4-c4c(-c5cccc6cccnc56)cccc43)C2C=C1. The second-order valence-electron chi connectivity index (χ2n) is 15.9. The summed E-state index contributed by atoms with van der Waals surface area (Å²) < 4.78 is 0. The number of pyridine rings is 1. The molecule has 4 nitrogen and oxygen atoms in total. The lowest BCUT2D eigenvalue weighted by Crippen LogP contribution is -2.45. The topological polar surface area (TPSA) is 51.6 Å². The van der Waals surface area contributed by atoms with Gasteiger partial charge in [0, 0.05) is 49.9 Å². The van der Waals surface area contributed by atoms with Crippen LogP contribution in [0.25, 0.3) is 78.4 Å². The molecule has 3 unspecified atom stereocenters. The van der Waals surface area contributed by atoms with Gasteiger partial charge in [-0.2, -0.15) is 0 Å². The normalized spacial score (nSPS) is 19.6. The van der Waals surface area contributed by atoms with E-state index in [1.54, 1.807) is 0 Å². The summed E-state index contributed by atoms with van der Waals surface area (Å²) in [6.45, 7) is 0. The fourth-order valence-electron chi connectivity index (χ4n) is 10.2. The zero-order valence-electron chi connectivity index (χ0n) is 32.7. The monoisotopic (exact) mass is 786 g/mol. The van der Waals surface area contributed by atoms with Gasteiger partial charge in [-0.3, -0.25) is 4.98 Å². The maximum absolute atomic E-state index is 5.04. The largest absolute Gasteiger partial charge is 0.256 e. The Balaban J connectivity index is 1.08. The van der Waals surface area contributed by atoms with E-state index in [1.807, 2.05) is 60.4 Å². The van der Waals surface area contributed by atoms with Gasteiger partial charge in [-0.1, -0.05) is 182 Å². The highest BCUT2D eigenvalue weighted by Crippen LogP contribution is 2.67. The molecule has 3 aliphatic carbocycles. The summed E-state index contributed by atoms with van der Waals surface area (Å²) in [4.78, 5) is 21.4. The number of para-hydroxylation sites is 1. The number of benzene rings is 6.